The molecule has 4 N–H and O–H groups in total. The summed E-state index contributed by atoms with van der Waals surface area (Å²) in [6.45, 7) is 1.90. The molecule has 0 spiro atoms. The van der Waals surface area contributed by atoms with Gasteiger partial charge in [-0.15, -0.1) is 0 Å². The minimum Gasteiger partial charge on any atom is -0.481 e. The van der Waals surface area contributed by atoms with Gasteiger partial charge in [0.2, 0.25) is 0 Å². The molecule has 0 saturated carbocycles. The maximum absolute atomic E-state index is 11.5. The highest BCUT2D eigenvalue weighted by molar-refractivity contribution is 9.10. The standard InChI is InChI=1S/C16H16BrNO4/c1-16(15(21)22)6-11(4-12(7-16)14(19)20)9-2-3-10(8-18)13(17)5-9/h2-6H,7-8,18H2,1H3,(H,19,20)(H,21,22). The van der Waals surface area contributed by atoms with Gasteiger partial charge in [0.05, 0.1) is 5.41 Å². The SMILES string of the molecule is CC1(C(=O)O)C=C(c2ccc(CN)c(Br)c2)C=C(C(=O)O)C1. The van der Waals surface area contributed by atoms with Crippen LogP contribution in [0, 0.1) is 5.41 Å². The van der Waals surface area contributed by atoms with Gasteiger partial charge in [-0.25, -0.2) is 4.79 Å². The molecule has 0 aromatic heterocycles. The number of allylic oxidation sites excluding steroid dienone is 2. The average molecular weight is 366 g/mol. The van der Waals surface area contributed by atoms with Gasteiger partial charge in [0.1, 0.15) is 0 Å². The summed E-state index contributed by atoms with van der Waals surface area (Å²) < 4.78 is 0.807. The molecule has 1 aromatic rings. The van der Waals surface area contributed by atoms with Crippen LogP contribution in [0.3, 0.4) is 0 Å². The number of benzene rings is 1. The monoisotopic (exact) mass is 365 g/mol. The van der Waals surface area contributed by atoms with E-state index in [0.29, 0.717) is 12.1 Å². The Balaban J connectivity index is 2.55. The van der Waals surface area contributed by atoms with Gasteiger partial charge in [0.25, 0.3) is 0 Å². The Bertz CT molecular complexity index is 708. The van der Waals surface area contributed by atoms with Crippen LogP contribution in [0.1, 0.15) is 24.5 Å². The van der Waals surface area contributed by atoms with Crippen LogP contribution in [0.25, 0.3) is 5.57 Å². The number of rotatable bonds is 4. The molecule has 0 heterocycles. The van der Waals surface area contributed by atoms with Crippen LogP contribution in [0.15, 0.2) is 40.4 Å². The fourth-order valence-corrected chi connectivity index (χ4v) is 2.94. The first-order valence-corrected chi connectivity index (χ1v) is 7.45. The number of carboxylic acids is 2. The summed E-state index contributed by atoms with van der Waals surface area (Å²) in [4.78, 5) is 22.8. The van der Waals surface area contributed by atoms with E-state index in [4.69, 9.17) is 5.73 Å². The van der Waals surface area contributed by atoms with Crippen LogP contribution in [0.5, 0.6) is 0 Å². The first-order chi connectivity index (χ1) is 10.3. The van der Waals surface area contributed by atoms with Crippen molar-refractivity contribution in [3.8, 4) is 0 Å². The highest BCUT2D eigenvalue weighted by atomic mass is 79.9. The van der Waals surface area contributed by atoms with Crippen molar-refractivity contribution in [3.05, 3.63) is 51.5 Å². The van der Waals surface area contributed by atoms with Crippen molar-refractivity contribution in [2.45, 2.75) is 19.9 Å². The van der Waals surface area contributed by atoms with Crippen LogP contribution in [-0.2, 0) is 16.1 Å². The molecular formula is C16H16BrNO4. The number of hydrogen-bond acceptors (Lipinski definition) is 3. The highest BCUT2D eigenvalue weighted by Crippen LogP contribution is 2.38. The van der Waals surface area contributed by atoms with E-state index in [0.717, 1.165) is 15.6 Å². The van der Waals surface area contributed by atoms with E-state index < -0.39 is 17.4 Å². The molecule has 1 unspecified atom stereocenters. The van der Waals surface area contributed by atoms with Gasteiger partial charge in [-0.1, -0.05) is 34.1 Å². The fraction of sp³-hybridized carbons (Fsp3) is 0.250. The predicted octanol–water partition coefficient (Wildman–Crippen LogP) is 2.80. The van der Waals surface area contributed by atoms with E-state index in [2.05, 4.69) is 15.9 Å². The molecule has 5 nitrogen and oxygen atoms in total. The normalized spacial score (nSPS) is 21.0. The van der Waals surface area contributed by atoms with Crippen LogP contribution in [0.4, 0.5) is 0 Å². The Labute approximate surface area is 136 Å². The highest BCUT2D eigenvalue weighted by Gasteiger charge is 2.36. The summed E-state index contributed by atoms with van der Waals surface area (Å²) in [6.07, 6.45) is 3.09. The van der Waals surface area contributed by atoms with Crippen LogP contribution < -0.4 is 5.73 Å². The van der Waals surface area contributed by atoms with Crippen molar-refractivity contribution in [2.75, 3.05) is 0 Å². The van der Waals surface area contributed by atoms with Crippen molar-refractivity contribution in [1.82, 2.24) is 0 Å². The molecule has 1 aliphatic rings. The third kappa shape index (κ3) is 3.13. The Morgan fingerprint density at radius 2 is 2.05 bits per heavy atom. The zero-order valence-electron chi connectivity index (χ0n) is 12.0. The zero-order chi connectivity index (χ0) is 16.5. The van der Waals surface area contributed by atoms with Crippen molar-refractivity contribution < 1.29 is 19.8 Å². The van der Waals surface area contributed by atoms with Gasteiger partial charge in [0, 0.05) is 16.6 Å². The van der Waals surface area contributed by atoms with Crippen molar-refractivity contribution in [1.29, 1.82) is 0 Å². The number of carbonyl (C=O) groups is 2. The lowest BCUT2D eigenvalue weighted by Crippen LogP contribution is -2.29. The number of nitrogens with two attached hydrogens (primary N) is 1. The summed E-state index contributed by atoms with van der Waals surface area (Å²) in [6, 6.07) is 5.46. The predicted molar refractivity (Wildman–Crippen MR) is 86.1 cm³/mol. The zero-order valence-corrected chi connectivity index (χ0v) is 13.6. The molecule has 0 saturated heterocycles. The van der Waals surface area contributed by atoms with E-state index >= 15 is 0 Å². The second kappa shape index (κ2) is 6.06. The van der Waals surface area contributed by atoms with Gasteiger partial charge in [-0.3, -0.25) is 4.79 Å². The molecule has 0 amide bonds. The maximum Gasteiger partial charge on any atom is 0.331 e. The second-order valence-electron chi connectivity index (χ2n) is 5.48. The lowest BCUT2D eigenvalue weighted by Gasteiger charge is -2.26. The van der Waals surface area contributed by atoms with Gasteiger partial charge in [-0.05, 0) is 42.2 Å². The summed E-state index contributed by atoms with van der Waals surface area (Å²) >= 11 is 3.41. The van der Waals surface area contributed by atoms with Crippen LogP contribution in [-0.4, -0.2) is 22.2 Å². The largest absolute Gasteiger partial charge is 0.481 e. The summed E-state index contributed by atoms with van der Waals surface area (Å²) in [5.74, 6) is -2.15. The van der Waals surface area contributed by atoms with Gasteiger partial charge in [0.15, 0.2) is 0 Å². The van der Waals surface area contributed by atoms with Crippen molar-refractivity contribution in [3.63, 3.8) is 0 Å². The quantitative estimate of drug-likeness (QED) is 0.761. The molecule has 22 heavy (non-hydrogen) atoms. The van der Waals surface area contributed by atoms with Gasteiger partial charge < -0.3 is 15.9 Å². The lowest BCUT2D eigenvalue weighted by atomic mass is 9.76. The minimum atomic E-state index is -1.24. The Morgan fingerprint density at radius 1 is 1.36 bits per heavy atom. The topological polar surface area (TPSA) is 101 Å². The van der Waals surface area contributed by atoms with Crippen LogP contribution >= 0.6 is 15.9 Å². The molecule has 0 radical (unpaired) electrons. The molecule has 0 bridgehead atoms. The molecular weight excluding hydrogens is 350 g/mol. The minimum absolute atomic E-state index is 0.0385. The lowest BCUT2D eigenvalue weighted by molar-refractivity contribution is -0.145. The first kappa shape index (κ1) is 16.5. The maximum atomic E-state index is 11.5. The third-order valence-corrected chi connectivity index (χ3v) is 4.47. The molecule has 1 aromatic carbocycles. The average Bonchev–Trinajstić information content (AvgIpc) is 2.46. The number of hydrogen-bond donors (Lipinski definition) is 3. The van der Waals surface area contributed by atoms with E-state index in [1.807, 2.05) is 18.2 Å². The van der Waals surface area contributed by atoms with Crippen LogP contribution in [0.2, 0.25) is 0 Å². The molecule has 1 aliphatic carbocycles. The van der Waals surface area contributed by atoms with E-state index in [9.17, 15) is 19.8 Å². The first-order valence-electron chi connectivity index (χ1n) is 6.66. The number of carboxylic acid groups (broad SMARTS) is 2. The Hall–Kier alpha value is -1.92. The Kier molecular flexibility index (Phi) is 4.53. The molecule has 116 valence electrons. The van der Waals surface area contributed by atoms with Crippen molar-refractivity contribution in [2.24, 2.45) is 11.1 Å². The summed E-state index contributed by atoms with van der Waals surface area (Å²) in [5, 5.41) is 18.6. The molecule has 0 aliphatic heterocycles. The summed E-state index contributed by atoms with van der Waals surface area (Å²) in [7, 11) is 0. The van der Waals surface area contributed by atoms with Gasteiger partial charge in [-0.2, -0.15) is 0 Å². The smallest absolute Gasteiger partial charge is 0.331 e. The molecule has 1 atom stereocenters. The summed E-state index contributed by atoms with van der Waals surface area (Å²) in [5.41, 5.74) is 6.70. The van der Waals surface area contributed by atoms with E-state index in [1.54, 1.807) is 6.08 Å². The molecule has 0 fully saturated rings. The number of aliphatic carboxylic acids is 2. The second-order valence-corrected chi connectivity index (χ2v) is 6.34. The van der Waals surface area contributed by atoms with Gasteiger partial charge >= 0.3 is 11.9 Å². The third-order valence-electron chi connectivity index (χ3n) is 3.73. The molecule has 2 rings (SSSR count). The van der Waals surface area contributed by atoms with E-state index in [1.165, 1.54) is 13.0 Å². The fourth-order valence-electron chi connectivity index (χ4n) is 2.40. The number of halogens is 1. The molecule has 6 heteroatoms. The Morgan fingerprint density at radius 3 is 2.55 bits per heavy atom. The van der Waals surface area contributed by atoms with Crippen molar-refractivity contribution >= 4 is 33.4 Å². The van der Waals surface area contributed by atoms with E-state index in [-0.39, 0.29) is 12.0 Å².